The number of nitrogens with zero attached hydrogens (tertiary/aromatic N) is 1. The Bertz CT molecular complexity index is 623. The highest BCUT2D eigenvalue weighted by molar-refractivity contribution is 9.11. The normalized spacial score (nSPS) is 11.1. The summed E-state index contributed by atoms with van der Waals surface area (Å²) in [7, 11) is 0. The highest BCUT2D eigenvalue weighted by atomic mass is 79.9. The maximum Gasteiger partial charge on any atom is 0.0702 e. The van der Waals surface area contributed by atoms with Crippen LogP contribution in [0.1, 0.15) is 4.88 Å². The minimum Gasteiger partial charge on any atom is -0.342 e. The van der Waals surface area contributed by atoms with Crippen LogP contribution < -0.4 is 0 Å². The molecule has 3 heteroatoms. The van der Waals surface area contributed by atoms with Gasteiger partial charge >= 0.3 is 0 Å². The zero-order valence-corrected chi connectivity index (χ0v) is 11.0. The molecule has 0 radical (unpaired) electrons. The van der Waals surface area contributed by atoms with Crippen LogP contribution in [0.25, 0.3) is 10.9 Å². The van der Waals surface area contributed by atoms with Gasteiger partial charge in [0.2, 0.25) is 0 Å². The van der Waals surface area contributed by atoms with E-state index in [1.54, 1.807) is 11.3 Å². The van der Waals surface area contributed by atoms with Gasteiger partial charge in [-0.25, -0.2) is 0 Å². The maximum absolute atomic E-state index is 3.50. The van der Waals surface area contributed by atoms with Gasteiger partial charge in [0.25, 0.3) is 0 Å². The fourth-order valence-electron chi connectivity index (χ4n) is 1.88. The highest BCUT2D eigenvalue weighted by Gasteiger charge is 2.02. The van der Waals surface area contributed by atoms with Gasteiger partial charge in [0.05, 0.1) is 10.3 Å². The SMILES string of the molecule is Brc1ccc(Cn2ccc3ccccc32)s1. The van der Waals surface area contributed by atoms with Crippen molar-refractivity contribution in [2.45, 2.75) is 6.54 Å². The molecular formula is C13H10BrNS. The molecular weight excluding hydrogens is 282 g/mol. The van der Waals surface area contributed by atoms with Crippen molar-refractivity contribution in [1.29, 1.82) is 0 Å². The van der Waals surface area contributed by atoms with E-state index in [0.717, 1.165) is 6.54 Å². The number of halogens is 1. The Morgan fingerprint density at radius 2 is 1.94 bits per heavy atom. The predicted molar refractivity (Wildman–Crippen MR) is 73.1 cm³/mol. The first-order valence-corrected chi connectivity index (χ1v) is 6.72. The minimum atomic E-state index is 0.948. The molecule has 0 bridgehead atoms. The molecule has 3 rings (SSSR count). The first kappa shape index (κ1) is 10.1. The van der Waals surface area contributed by atoms with E-state index >= 15 is 0 Å². The molecule has 16 heavy (non-hydrogen) atoms. The summed E-state index contributed by atoms with van der Waals surface area (Å²) in [5, 5.41) is 1.30. The monoisotopic (exact) mass is 291 g/mol. The number of rotatable bonds is 2. The van der Waals surface area contributed by atoms with E-state index in [9.17, 15) is 0 Å². The average molecular weight is 292 g/mol. The van der Waals surface area contributed by atoms with Crippen molar-refractivity contribution in [3.63, 3.8) is 0 Å². The smallest absolute Gasteiger partial charge is 0.0702 e. The van der Waals surface area contributed by atoms with E-state index in [4.69, 9.17) is 0 Å². The van der Waals surface area contributed by atoms with Gasteiger partial charge in [-0.3, -0.25) is 0 Å². The largest absolute Gasteiger partial charge is 0.342 e. The Balaban J connectivity index is 2.00. The summed E-state index contributed by atoms with van der Waals surface area (Å²) in [6.45, 7) is 0.948. The zero-order chi connectivity index (χ0) is 11.0. The number of benzene rings is 1. The van der Waals surface area contributed by atoms with E-state index in [-0.39, 0.29) is 0 Å². The fourth-order valence-corrected chi connectivity index (χ4v) is 3.37. The summed E-state index contributed by atoms with van der Waals surface area (Å²) >= 11 is 5.29. The third-order valence-electron chi connectivity index (χ3n) is 2.64. The van der Waals surface area contributed by atoms with Crippen LogP contribution in [0.3, 0.4) is 0 Å². The van der Waals surface area contributed by atoms with Gasteiger partial charge in [0.15, 0.2) is 0 Å². The lowest BCUT2D eigenvalue weighted by Crippen LogP contribution is -1.94. The van der Waals surface area contributed by atoms with Gasteiger partial charge in [-0.05, 0) is 45.6 Å². The van der Waals surface area contributed by atoms with Crippen molar-refractivity contribution >= 4 is 38.2 Å². The fraction of sp³-hybridized carbons (Fsp3) is 0.0769. The summed E-state index contributed by atoms with van der Waals surface area (Å²) in [4.78, 5) is 1.37. The molecule has 1 aromatic carbocycles. The Morgan fingerprint density at radius 3 is 2.75 bits per heavy atom. The first-order valence-electron chi connectivity index (χ1n) is 5.11. The van der Waals surface area contributed by atoms with Gasteiger partial charge in [-0.2, -0.15) is 0 Å². The van der Waals surface area contributed by atoms with Gasteiger partial charge < -0.3 is 4.57 Å². The molecule has 80 valence electrons. The molecule has 0 amide bonds. The predicted octanol–water partition coefficient (Wildman–Crippen LogP) is 4.51. The quantitative estimate of drug-likeness (QED) is 0.654. The molecule has 0 unspecified atom stereocenters. The third-order valence-corrected chi connectivity index (χ3v) is 4.24. The van der Waals surface area contributed by atoms with E-state index in [1.165, 1.54) is 19.6 Å². The number of para-hydroxylation sites is 1. The van der Waals surface area contributed by atoms with Crippen LogP contribution in [0.15, 0.2) is 52.4 Å². The van der Waals surface area contributed by atoms with Crippen LogP contribution in [0.5, 0.6) is 0 Å². The molecule has 0 N–H and O–H groups in total. The number of fused-ring (bicyclic) bond motifs is 1. The number of hydrogen-bond acceptors (Lipinski definition) is 1. The summed E-state index contributed by atoms with van der Waals surface area (Å²) in [5.74, 6) is 0. The van der Waals surface area contributed by atoms with Crippen LogP contribution in [0.4, 0.5) is 0 Å². The van der Waals surface area contributed by atoms with Gasteiger partial charge in [0.1, 0.15) is 0 Å². The highest BCUT2D eigenvalue weighted by Crippen LogP contribution is 2.24. The van der Waals surface area contributed by atoms with E-state index in [1.807, 2.05) is 0 Å². The zero-order valence-electron chi connectivity index (χ0n) is 8.56. The maximum atomic E-state index is 3.50. The number of aromatic nitrogens is 1. The Hall–Kier alpha value is -1.06. The molecule has 0 saturated heterocycles. The van der Waals surface area contributed by atoms with Crippen LogP contribution in [-0.4, -0.2) is 4.57 Å². The molecule has 0 saturated carbocycles. The van der Waals surface area contributed by atoms with Crippen LogP contribution in [-0.2, 0) is 6.54 Å². The average Bonchev–Trinajstić information content (AvgIpc) is 2.87. The molecule has 0 atom stereocenters. The minimum absolute atomic E-state index is 0.948. The molecule has 2 heterocycles. The van der Waals surface area contributed by atoms with Crippen LogP contribution >= 0.6 is 27.3 Å². The lowest BCUT2D eigenvalue weighted by atomic mass is 10.2. The van der Waals surface area contributed by atoms with Gasteiger partial charge in [-0.1, -0.05) is 18.2 Å². The Kier molecular flexibility index (Phi) is 2.58. The van der Waals surface area contributed by atoms with Crippen LogP contribution in [0.2, 0.25) is 0 Å². The van der Waals surface area contributed by atoms with Crippen molar-refractivity contribution in [3.05, 3.63) is 57.3 Å². The van der Waals surface area contributed by atoms with Gasteiger partial charge in [-0.15, -0.1) is 11.3 Å². The molecule has 0 aliphatic rings. The number of thiophene rings is 1. The first-order chi connectivity index (χ1) is 7.83. The van der Waals surface area contributed by atoms with Crippen molar-refractivity contribution in [2.24, 2.45) is 0 Å². The second-order valence-electron chi connectivity index (χ2n) is 3.71. The Morgan fingerprint density at radius 1 is 1.06 bits per heavy atom. The van der Waals surface area contributed by atoms with E-state index < -0.39 is 0 Å². The summed E-state index contributed by atoms with van der Waals surface area (Å²) < 4.78 is 3.48. The molecule has 0 fully saturated rings. The summed E-state index contributed by atoms with van der Waals surface area (Å²) in [6.07, 6.45) is 2.15. The van der Waals surface area contributed by atoms with Gasteiger partial charge in [0, 0.05) is 16.6 Å². The molecule has 1 nitrogen and oxygen atoms in total. The molecule has 0 aliphatic carbocycles. The second kappa shape index (κ2) is 4.07. The standard InChI is InChI=1S/C13H10BrNS/c14-13-6-5-11(16-13)9-15-8-7-10-3-1-2-4-12(10)15/h1-8H,9H2. The van der Waals surface area contributed by atoms with Crippen molar-refractivity contribution in [1.82, 2.24) is 4.57 Å². The molecule has 0 spiro atoms. The molecule has 0 aliphatic heterocycles. The topological polar surface area (TPSA) is 4.93 Å². The number of hydrogen-bond donors (Lipinski definition) is 0. The lowest BCUT2D eigenvalue weighted by Gasteiger charge is -2.02. The van der Waals surface area contributed by atoms with Crippen molar-refractivity contribution in [2.75, 3.05) is 0 Å². The molecule has 2 aromatic heterocycles. The Labute approximate surface area is 106 Å². The lowest BCUT2D eigenvalue weighted by molar-refractivity contribution is 0.852. The van der Waals surface area contributed by atoms with Crippen molar-refractivity contribution < 1.29 is 0 Å². The summed E-state index contributed by atoms with van der Waals surface area (Å²) in [5.41, 5.74) is 1.30. The van der Waals surface area contributed by atoms with E-state index in [0.29, 0.717) is 0 Å². The molecule has 3 aromatic rings. The van der Waals surface area contributed by atoms with Crippen LogP contribution in [0, 0.1) is 0 Å². The van der Waals surface area contributed by atoms with E-state index in [2.05, 4.69) is 69.2 Å². The third kappa shape index (κ3) is 1.81. The van der Waals surface area contributed by atoms with Crippen molar-refractivity contribution in [3.8, 4) is 0 Å². The summed E-state index contributed by atoms with van der Waals surface area (Å²) in [6, 6.07) is 14.9. The second-order valence-corrected chi connectivity index (χ2v) is 6.26.